The topological polar surface area (TPSA) is 106 Å². The molecule has 0 aromatic heterocycles. The van der Waals surface area contributed by atoms with Crippen LogP contribution in [0.15, 0.2) is 94.8 Å². The molecule has 0 amide bonds. The summed E-state index contributed by atoms with van der Waals surface area (Å²) in [6.07, 6.45) is -0.298. The van der Waals surface area contributed by atoms with Crippen LogP contribution in [-0.2, 0) is 5.41 Å². The van der Waals surface area contributed by atoms with E-state index in [1.807, 2.05) is 55.6 Å². The summed E-state index contributed by atoms with van der Waals surface area (Å²) in [7, 11) is 1.98. The minimum absolute atomic E-state index is 0.0790. The molecule has 7 nitrogen and oxygen atoms in total. The van der Waals surface area contributed by atoms with Crippen molar-refractivity contribution in [1.82, 2.24) is 0 Å². The van der Waals surface area contributed by atoms with Crippen molar-refractivity contribution in [3.8, 4) is 5.75 Å². The number of allylic oxidation sites excluding steroid dienone is 1. The molecule has 1 saturated carbocycles. The molecule has 0 bridgehead atoms. The molecule has 1 heterocycles. The third kappa shape index (κ3) is 4.07. The number of fused-ring (bicyclic) bond motifs is 1. The quantitative estimate of drug-likeness (QED) is 0.551. The number of benzene rings is 3. The maximum Gasteiger partial charge on any atom is 0.145 e. The number of rotatable bonds is 5. The van der Waals surface area contributed by atoms with Crippen molar-refractivity contribution in [2.45, 2.75) is 37.5 Å². The predicted molar refractivity (Wildman–Crippen MR) is 133 cm³/mol. The van der Waals surface area contributed by atoms with Crippen molar-refractivity contribution < 1.29 is 15.3 Å². The Labute approximate surface area is 205 Å². The Kier molecular flexibility index (Phi) is 5.83. The number of nitrogens with zero attached hydrogens (tertiary/aromatic N) is 3. The molecule has 2 unspecified atom stereocenters. The van der Waals surface area contributed by atoms with Crippen LogP contribution in [0.25, 0.3) is 0 Å². The largest absolute Gasteiger partial charge is 0.850 e. The lowest BCUT2D eigenvalue weighted by atomic mass is 9.71. The summed E-state index contributed by atoms with van der Waals surface area (Å²) in [5.41, 5.74) is 4.47. The summed E-state index contributed by atoms with van der Waals surface area (Å²) in [5.74, 6) is -0.698. The van der Waals surface area contributed by atoms with Crippen molar-refractivity contribution >= 4 is 22.7 Å². The van der Waals surface area contributed by atoms with E-state index in [0.29, 0.717) is 17.1 Å². The molecule has 2 aliphatic rings. The average Bonchev–Trinajstić information content (AvgIpc) is 3.06. The van der Waals surface area contributed by atoms with Gasteiger partial charge >= 0.3 is 0 Å². The third-order valence-corrected chi connectivity index (χ3v) is 7.10. The van der Waals surface area contributed by atoms with Crippen LogP contribution in [-0.4, -0.2) is 30.4 Å². The number of hydrogen-bond acceptors (Lipinski definition) is 7. The maximum atomic E-state index is 13.0. The zero-order valence-corrected chi connectivity index (χ0v) is 19.9. The Morgan fingerprint density at radius 2 is 1.63 bits per heavy atom. The molecule has 2 atom stereocenters. The molecule has 1 fully saturated rings. The van der Waals surface area contributed by atoms with Crippen LogP contribution < -0.4 is 20.4 Å². The first-order valence-corrected chi connectivity index (χ1v) is 11.7. The minimum Gasteiger partial charge on any atom is -0.850 e. The highest BCUT2D eigenvalue weighted by Gasteiger charge is 2.41. The van der Waals surface area contributed by atoms with Crippen LogP contribution in [0.2, 0.25) is 0 Å². The van der Waals surface area contributed by atoms with E-state index >= 15 is 0 Å². The predicted octanol–water partition coefficient (Wildman–Crippen LogP) is 3.99. The summed E-state index contributed by atoms with van der Waals surface area (Å²) in [6.45, 7) is 4.24. The molecular formula is C28H28N4O3-2. The van der Waals surface area contributed by atoms with Gasteiger partial charge in [-0.2, -0.15) is 5.11 Å². The second-order valence-electron chi connectivity index (χ2n) is 9.67. The van der Waals surface area contributed by atoms with Gasteiger partial charge in [0.25, 0.3) is 0 Å². The van der Waals surface area contributed by atoms with E-state index in [-0.39, 0.29) is 11.2 Å². The highest BCUT2D eigenvalue weighted by atomic mass is 16.3. The van der Waals surface area contributed by atoms with Crippen molar-refractivity contribution in [2.75, 3.05) is 17.3 Å². The first-order chi connectivity index (χ1) is 16.8. The Morgan fingerprint density at radius 1 is 0.943 bits per heavy atom. The lowest BCUT2D eigenvalue weighted by molar-refractivity contribution is -0.537. The van der Waals surface area contributed by atoms with Crippen LogP contribution in [0.4, 0.5) is 22.7 Å². The summed E-state index contributed by atoms with van der Waals surface area (Å²) in [4.78, 5) is 2.08. The van der Waals surface area contributed by atoms with Gasteiger partial charge in [-0.15, -0.1) is 17.3 Å². The smallest absolute Gasteiger partial charge is 0.145 e. The number of hydrogen-bond donors (Lipinski definition) is 2. The minimum atomic E-state index is -1.09. The van der Waals surface area contributed by atoms with Gasteiger partial charge in [-0.3, -0.25) is 0 Å². The molecule has 2 N–H and O–H groups in total. The van der Waals surface area contributed by atoms with Crippen molar-refractivity contribution in [3.63, 3.8) is 0 Å². The van der Waals surface area contributed by atoms with E-state index in [1.54, 1.807) is 12.1 Å². The number of aromatic hydroxyl groups is 1. The molecule has 0 saturated heterocycles. The molecule has 3 aromatic rings. The summed E-state index contributed by atoms with van der Waals surface area (Å²) in [5, 5.41) is 47.6. The fraction of sp³-hybridized carbons (Fsp3) is 0.286. The van der Waals surface area contributed by atoms with Crippen LogP contribution in [0.5, 0.6) is 5.75 Å². The Morgan fingerprint density at radius 3 is 2.31 bits per heavy atom. The molecule has 3 aromatic carbocycles. The van der Waals surface area contributed by atoms with E-state index in [0.717, 1.165) is 11.4 Å². The van der Waals surface area contributed by atoms with E-state index in [9.17, 15) is 15.3 Å². The van der Waals surface area contributed by atoms with Gasteiger partial charge in [0.2, 0.25) is 0 Å². The van der Waals surface area contributed by atoms with Gasteiger partial charge in [-0.05, 0) is 41.8 Å². The van der Waals surface area contributed by atoms with Gasteiger partial charge in [-0.1, -0.05) is 56.3 Å². The fourth-order valence-electron chi connectivity index (χ4n) is 5.04. The van der Waals surface area contributed by atoms with Crippen molar-refractivity contribution in [3.05, 3.63) is 90.1 Å². The number of phenolic OH excluding ortho intramolecular Hbond substituents is 1. The van der Waals surface area contributed by atoms with Crippen LogP contribution in [0.1, 0.15) is 19.4 Å². The van der Waals surface area contributed by atoms with Crippen LogP contribution in [0, 0.1) is 5.92 Å². The normalized spacial score (nSPS) is 26.1. The fourth-order valence-corrected chi connectivity index (χ4v) is 5.04. The molecule has 7 heteroatoms. The summed E-state index contributed by atoms with van der Waals surface area (Å²) >= 11 is 0. The van der Waals surface area contributed by atoms with E-state index < -0.39 is 24.2 Å². The van der Waals surface area contributed by atoms with Gasteiger partial charge in [-0.25, -0.2) is 0 Å². The van der Waals surface area contributed by atoms with Gasteiger partial charge in [0.15, 0.2) is 0 Å². The highest BCUT2D eigenvalue weighted by Crippen LogP contribution is 2.48. The van der Waals surface area contributed by atoms with Gasteiger partial charge in [0, 0.05) is 41.6 Å². The van der Waals surface area contributed by atoms with Gasteiger partial charge in [0.1, 0.15) is 11.4 Å². The number of likely N-dealkylation sites (N-methyl/N-ethyl adjacent to an activating group) is 1. The molecule has 180 valence electrons. The van der Waals surface area contributed by atoms with Crippen LogP contribution in [0.3, 0.4) is 0 Å². The van der Waals surface area contributed by atoms with Crippen molar-refractivity contribution in [2.24, 2.45) is 16.1 Å². The summed E-state index contributed by atoms with van der Waals surface area (Å²) in [6, 6.07) is 21.4. The standard InChI is InChI=1S/C28H28N4O3/c1-28(2)20-11-7-8-12-22(20)32(3)24(28)16-19-26(34)25(27(19)35)29-18-13-14-21(23(33)15-18)31-30-17-9-5-4-6-10-17/h4-16,19,25-27,29,33H,1-3H3/q-2/b24-16+,31-30?. The average molecular weight is 469 g/mol. The molecular weight excluding hydrogens is 440 g/mol. The lowest BCUT2D eigenvalue weighted by Crippen LogP contribution is -2.72. The van der Waals surface area contributed by atoms with E-state index in [4.69, 9.17) is 0 Å². The molecule has 1 aliphatic carbocycles. The zero-order chi connectivity index (χ0) is 24.7. The first-order valence-electron chi connectivity index (χ1n) is 11.7. The number of azo groups is 1. The number of anilines is 2. The zero-order valence-electron chi connectivity index (χ0n) is 19.9. The van der Waals surface area contributed by atoms with E-state index in [2.05, 4.69) is 46.4 Å². The third-order valence-electron chi connectivity index (χ3n) is 7.10. The second-order valence-corrected chi connectivity index (χ2v) is 9.67. The van der Waals surface area contributed by atoms with Crippen LogP contribution >= 0.6 is 0 Å². The molecule has 0 spiro atoms. The van der Waals surface area contributed by atoms with E-state index in [1.165, 1.54) is 11.6 Å². The Balaban J connectivity index is 1.28. The number of para-hydroxylation sites is 1. The van der Waals surface area contributed by atoms with Gasteiger partial charge in [0.05, 0.1) is 5.69 Å². The van der Waals surface area contributed by atoms with Gasteiger partial charge < -0.3 is 25.5 Å². The molecule has 1 aliphatic heterocycles. The summed E-state index contributed by atoms with van der Waals surface area (Å²) < 4.78 is 0. The lowest BCUT2D eigenvalue weighted by Gasteiger charge is -2.60. The first kappa shape index (κ1) is 23.1. The second kappa shape index (κ2) is 8.83. The monoisotopic (exact) mass is 468 g/mol. The Bertz CT molecular complexity index is 1280. The maximum absolute atomic E-state index is 13.0. The molecule has 5 rings (SSSR count). The SMILES string of the molecule is CN1/C(=C/C2C([O-])C(Nc3ccc(N=Nc4ccccc4)c(O)c3)C2[O-])C(C)(C)c2ccccc21. The number of phenols is 1. The number of nitrogens with one attached hydrogen (secondary N) is 1. The molecule has 35 heavy (non-hydrogen) atoms. The van der Waals surface area contributed by atoms with Crippen molar-refractivity contribution in [1.29, 1.82) is 0 Å². The molecule has 0 radical (unpaired) electrons. The highest BCUT2D eigenvalue weighted by molar-refractivity contribution is 5.70. The Hall–Kier alpha value is -3.68.